The largest absolute Gasteiger partial charge is 0.324 e. The Hall–Kier alpha value is -0.480. The number of thiophene rings is 1. The second-order valence-electron chi connectivity index (χ2n) is 3.45. The predicted octanol–water partition coefficient (Wildman–Crippen LogP) is 3.10. The number of hydrogen-bond donors (Lipinski definition) is 1. The van der Waals surface area contributed by atoms with Crippen LogP contribution in [-0.2, 0) is 0 Å². The Morgan fingerprint density at radius 1 is 1.46 bits per heavy atom. The zero-order chi connectivity index (χ0) is 9.42. The maximum atomic E-state index is 12.2. The molecule has 1 saturated carbocycles. The number of nitrogens with two attached hydrogens (primary N) is 1. The summed E-state index contributed by atoms with van der Waals surface area (Å²) in [6.45, 7) is 0. The topological polar surface area (TPSA) is 26.0 Å². The zero-order valence-electron chi connectivity index (χ0n) is 7.04. The standard InChI is InChI=1S/C9H11F2NS/c10-9(11)7-3-6(4-13-7)8(12)5-1-2-5/h3-5,8-9H,1-2,12H2. The molecule has 0 aliphatic heterocycles. The molecule has 1 fully saturated rings. The maximum absolute atomic E-state index is 12.2. The van der Waals surface area contributed by atoms with Gasteiger partial charge in [0.05, 0.1) is 4.88 Å². The molecule has 4 heteroatoms. The molecule has 1 aromatic rings. The van der Waals surface area contributed by atoms with Crippen LogP contribution in [0.3, 0.4) is 0 Å². The molecule has 1 aromatic heterocycles. The molecule has 0 radical (unpaired) electrons. The van der Waals surface area contributed by atoms with E-state index >= 15 is 0 Å². The summed E-state index contributed by atoms with van der Waals surface area (Å²) in [6, 6.07) is 1.52. The number of rotatable bonds is 3. The molecule has 13 heavy (non-hydrogen) atoms. The molecule has 1 aliphatic carbocycles. The molecule has 1 heterocycles. The molecule has 0 amide bonds. The Bertz CT molecular complexity index is 294. The molecule has 1 unspecified atom stereocenters. The molecule has 72 valence electrons. The van der Waals surface area contributed by atoms with Gasteiger partial charge in [-0.25, -0.2) is 8.78 Å². The first-order valence-corrected chi connectivity index (χ1v) is 5.18. The average molecular weight is 203 g/mol. The van der Waals surface area contributed by atoms with E-state index in [1.54, 1.807) is 11.4 Å². The lowest BCUT2D eigenvalue weighted by atomic mass is 10.1. The summed E-state index contributed by atoms with van der Waals surface area (Å²) in [5.74, 6) is 0.528. The highest BCUT2D eigenvalue weighted by molar-refractivity contribution is 7.10. The monoisotopic (exact) mass is 203 g/mol. The number of halogens is 2. The van der Waals surface area contributed by atoms with Crippen LogP contribution in [0, 0.1) is 5.92 Å². The van der Waals surface area contributed by atoms with Crippen molar-refractivity contribution in [2.45, 2.75) is 25.3 Å². The highest BCUT2D eigenvalue weighted by Crippen LogP contribution is 2.41. The van der Waals surface area contributed by atoms with Crippen LogP contribution in [0.4, 0.5) is 8.78 Å². The van der Waals surface area contributed by atoms with Crippen LogP contribution in [0.5, 0.6) is 0 Å². The van der Waals surface area contributed by atoms with Gasteiger partial charge in [-0.3, -0.25) is 0 Å². The van der Waals surface area contributed by atoms with Crippen molar-refractivity contribution >= 4 is 11.3 Å². The van der Waals surface area contributed by atoms with Crippen molar-refractivity contribution in [1.29, 1.82) is 0 Å². The SMILES string of the molecule is NC(c1csc(C(F)F)c1)C1CC1. The summed E-state index contributed by atoms with van der Waals surface area (Å²) in [4.78, 5) is 0.131. The molecule has 0 spiro atoms. The van der Waals surface area contributed by atoms with Crippen LogP contribution in [-0.4, -0.2) is 0 Å². The number of hydrogen-bond acceptors (Lipinski definition) is 2. The van der Waals surface area contributed by atoms with Gasteiger partial charge in [-0.05, 0) is 35.8 Å². The third-order valence-electron chi connectivity index (χ3n) is 2.37. The Morgan fingerprint density at radius 3 is 2.62 bits per heavy atom. The molecule has 2 rings (SSSR count). The van der Waals surface area contributed by atoms with Gasteiger partial charge < -0.3 is 5.73 Å². The van der Waals surface area contributed by atoms with Crippen LogP contribution in [0.15, 0.2) is 11.4 Å². The Morgan fingerprint density at radius 2 is 2.15 bits per heavy atom. The molecular formula is C9H11F2NS. The van der Waals surface area contributed by atoms with Crippen molar-refractivity contribution in [1.82, 2.24) is 0 Å². The van der Waals surface area contributed by atoms with Crippen LogP contribution < -0.4 is 5.73 Å². The van der Waals surface area contributed by atoms with E-state index in [1.165, 1.54) is 0 Å². The van der Waals surface area contributed by atoms with Gasteiger partial charge >= 0.3 is 0 Å². The molecule has 0 bridgehead atoms. The minimum atomic E-state index is -2.36. The Balaban J connectivity index is 2.11. The van der Waals surface area contributed by atoms with Gasteiger partial charge in [0.25, 0.3) is 6.43 Å². The van der Waals surface area contributed by atoms with Gasteiger partial charge in [0, 0.05) is 6.04 Å². The van der Waals surface area contributed by atoms with Crippen molar-refractivity contribution in [2.75, 3.05) is 0 Å². The summed E-state index contributed by atoms with van der Waals surface area (Å²) >= 11 is 1.10. The van der Waals surface area contributed by atoms with Gasteiger partial charge in [-0.1, -0.05) is 0 Å². The fourth-order valence-corrected chi connectivity index (χ4v) is 2.19. The van der Waals surface area contributed by atoms with Crippen LogP contribution in [0.25, 0.3) is 0 Å². The number of alkyl halides is 2. The van der Waals surface area contributed by atoms with Gasteiger partial charge in [0.15, 0.2) is 0 Å². The van der Waals surface area contributed by atoms with Crippen LogP contribution in [0.1, 0.15) is 35.7 Å². The second kappa shape index (κ2) is 3.35. The van der Waals surface area contributed by atoms with E-state index in [4.69, 9.17) is 5.73 Å². The summed E-state index contributed by atoms with van der Waals surface area (Å²) in [5.41, 5.74) is 6.75. The third kappa shape index (κ3) is 1.89. The Labute approximate surface area is 79.6 Å². The molecule has 2 N–H and O–H groups in total. The quantitative estimate of drug-likeness (QED) is 0.802. The highest BCUT2D eigenvalue weighted by Gasteiger charge is 2.30. The summed E-state index contributed by atoms with van der Waals surface area (Å²) in [5, 5.41) is 1.75. The van der Waals surface area contributed by atoms with E-state index < -0.39 is 6.43 Å². The van der Waals surface area contributed by atoms with E-state index in [0.29, 0.717) is 5.92 Å². The molecule has 0 saturated heterocycles. The van der Waals surface area contributed by atoms with E-state index in [1.807, 2.05) is 0 Å². The van der Waals surface area contributed by atoms with Crippen LogP contribution in [0.2, 0.25) is 0 Å². The fraction of sp³-hybridized carbons (Fsp3) is 0.556. The lowest BCUT2D eigenvalue weighted by Gasteiger charge is -2.06. The maximum Gasteiger partial charge on any atom is 0.272 e. The zero-order valence-corrected chi connectivity index (χ0v) is 7.86. The average Bonchev–Trinajstić information content (AvgIpc) is 2.81. The van der Waals surface area contributed by atoms with Gasteiger partial charge in [0.1, 0.15) is 0 Å². The molecule has 1 aliphatic rings. The minimum Gasteiger partial charge on any atom is -0.324 e. The van der Waals surface area contributed by atoms with E-state index in [2.05, 4.69) is 0 Å². The molecule has 1 nitrogen and oxygen atoms in total. The van der Waals surface area contributed by atoms with Crippen molar-refractivity contribution < 1.29 is 8.78 Å². The van der Waals surface area contributed by atoms with E-state index in [9.17, 15) is 8.78 Å². The smallest absolute Gasteiger partial charge is 0.272 e. The van der Waals surface area contributed by atoms with Crippen LogP contribution >= 0.6 is 11.3 Å². The summed E-state index contributed by atoms with van der Waals surface area (Å²) in [7, 11) is 0. The molecule has 0 aromatic carbocycles. The normalized spacial score (nSPS) is 19.4. The molecular weight excluding hydrogens is 192 g/mol. The Kier molecular flexibility index (Phi) is 2.34. The first kappa shape index (κ1) is 9.09. The van der Waals surface area contributed by atoms with Gasteiger partial charge in [-0.2, -0.15) is 0 Å². The first-order valence-electron chi connectivity index (χ1n) is 4.30. The van der Waals surface area contributed by atoms with Crippen molar-refractivity contribution in [2.24, 2.45) is 11.7 Å². The third-order valence-corrected chi connectivity index (χ3v) is 3.33. The summed E-state index contributed by atoms with van der Waals surface area (Å²) in [6.07, 6.45) is -0.0765. The lowest BCUT2D eigenvalue weighted by Crippen LogP contribution is -2.10. The van der Waals surface area contributed by atoms with Crippen molar-refractivity contribution in [3.05, 3.63) is 21.9 Å². The van der Waals surface area contributed by atoms with Gasteiger partial charge in [-0.15, -0.1) is 11.3 Å². The highest BCUT2D eigenvalue weighted by atomic mass is 32.1. The van der Waals surface area contributed by atoms with Crippen molar-refractivity contribution in [3.63, 3.8) is 0 Å². The lowest BCUT2D eigenvalue weighted by molar-refractivity contribution is 0.155. The summed E-state index contributed by atoms with van der Waals surface area (Å²) < 4.78 is 24.5. The second-order valence-corrected chi connectivity index (χ2v) is 4.39. The van der Waals surface area contributed by atoms with Gasteiger partial charge in [0.2, 0.25) is 0 Å². The fourth-order valence-electron chi connectivity index (χ4n) is 1.39. The van der Waals surface area contributed by atoms with E-state index in [-0.39, 0.29) is 10.9 Å². The van der Waals surface area contributed by atoms with E-state index in [0.717, 1.165) is 29.7 Å². The molecule has 1 atom stereocenters. The minimum absolute atomic E-state index is 0.0243. The predicted molar refractivity (Wildman–Crippen MR) is 48.9 cm³/mol. The first-order chi connectivity index (χ1) is 6.18. The van der Waals surface area contributed by atoms with Crippen molar-refractivity contribution in [3.8, 4) is 0 Å².